The quantitative estimate of drug-likeness (QED) is 0.907. The second-order valence-electron chi connectivity index (χ2n) is 6.62. The molecule has 0 radical (unpaired) electrons. The van der Waals surface area contributed by atoms with Crippen LogP contribution in [0.5, 0.6) is 0 Å². The Labute approximate surface area is 126 Å². The SMILES string of the molecule is CC(NC(Cn1ccnc1)C(C)(C)C)c1cccc(F)c1. The smallest absolute Gasteiger partial charge is 0.123 e. The monoisotopic (exact) mass is 289 g/mol. The highest BCUT2D eigenvalue weighted by atomic mass is 19.1. The number of nitrogens with zero attached hydrogens (tertiary/aromatic N) is 2. The van der Waals surface area contributed by atoms with Gasteiger partial charge in [0.2, 0.25) is 0 Å². The topological polar surface area (TPSA) is 29.9 Å². The lowest BCUT2D eigenvalue weighted by Gasteiger charge is -2.34. The van der Waals surface area contributed by atoms with Crippen LogP contribution in [0.2, 0.25) is 0 Å². The Morgan fingerprint density at radius 3 is 2.67 bits per heavy atom. The van der Waals surface area contributed by atoms with Crippen molar-refractivity contribution in [2.24, 2.45) is 5.41 Å². The minimum atomic E-state index is -0.192. The number of hydrogen-bond donors (Lipinski definition) is 1. The van der Waals surface area contributed by atoms with Crippen molar-refractivity contribution in [2.75, 3.05) is 0 Å². The van der Waals surface area contributed by atoms with E-state index in [2.05, 4.69) is 42.6 Å². The molecule has 1 aromatic carbocycles. The lowest BCUT2D eigenvalue weighted by Crippen LogP contribution is -2.44. The molecule has 0 fully saturated rings. The van der Waals surface area contributed by atoms with Crippen LogP contribution in [0, 0.1) is 11.2 Å². The van der Waals surface area contributed by atoms with Crippen LogP contribution in [0.4, 0.5) is 4.39 Å². The Hall–Kier alpha value is -1.68. The van der Waals surface area contributed by atoms with Gasteiger partial charge < -0.3 is 9.88 Å². The highest BCUT2D eigenvalue weighted by Crippen LogP contribution is 2.24. The van der Waals surface area contributed by atoms with Gasteiger partial charge in [-0.1, -0.05) is 32.9 Å². The van der Waals surface area contributed by atoms with Crippen LogP contribution >= 0.6 is 0 Å². The molecule has 21 heavy (non-hydrogen) atoms. The number of halogens is 1. The zero-order valence-corrected chi connectivity index (χ0v) is 13.2. The fourth-order valence-electron chi connectivity index (χ4n) is 2.36. The molecule has 0 aliphatic carbocycles. The van der Waals surface area contributed by atoms with Crippen molar-refractivity contribution in [3.05, 3.63) is 54.4 Å². The van der Waals surface area contributed by atoms with Gasteiger partial charge >= 0.3 is 0 Å². The fourth-order valence-corrected chi connectivity index (χ4v) is 2.36. The molecule has 0 saturated carbocycles. The lowest BCUT2D eigenvalue weighted by molar-refractivity contribution is 0.225. The summed E-state index contributed by atoms with van der Waals surface area (Å²) in [6.07, 6.45) is 5.58. The molecule has 0 aliphatic heterocycles. The summed E-state index contributed by atoms with van der Waals surface area (Å²) in [6.45, 7) is 9.53. The minimum absolute atomic E-state index is 0.0891. The zero-order valence-electron chi connectivity index (χ0n) is 13.2. The largest absolute Gasteiger partial charge is 0.336 e. The van der Waals surface area contributed by atoms with Crippen molar-refractivity contribution in [1.29, 1.82) is 0 Å². The lowest BCUT2D eigenvalue weighted by atomic mass is 9.85. The Balaban J connectivity index is 2.11. The van der Waals surface area contributed by atoms with Crippen molar-refractivity contribution < 1.29 is 4.39 Å². The van der Waals surface area contributed by atoms with Gasteiger partial charge in [0.15, 0.2) is 0 Å². The van der Waals surface area contributed by atoms with Crippen molar-refractivity contribution in [1.82, 2.24) is 14.9 Å². The molecule has 1 aromatic heterocycles. The molecule has 0 bridgehead atoms. The number of benzene rings is 1. The van der Waals surface area contributed by atoms with Gasteiger partial charge in [-0.05, 0) is 30.0 Å². The van der Waals surface area contributed by atoms with E-state index in [0.717, 1.165) is 12.1 Å². The Morgan fingerprint density at radius 1 is 1.33 bits per heavy atom. The summed E-state index contributed by atoms with van der Waals surface area (Å²) < 4.78 is 15.4. The molecule has 1 heterocycles. The standard InChI is InChI=1S/C17H24FN3/c1-13(14-6-5-7-15(18)10-14)20-16(17(2,3)4)11-21-9-8-19-12-21/h5-10,12-13,16,20H,11H2,1-4H3. The molecule has 2 rings (SSSR count). The molecule has 114 valence electrons. The molecule has 2 atom stereocenters. The van der Waals surface area contributed by atoms with Crippen molar-refractivity contribution in [3.63, 3.8) is 0 Å². The number of hydrogen-bond acceptors (Lipinski definition) is 2. The first kappa shape index (κ1) is 15.7. The second kappa shape index (κ2) is 6.39. The van der Waals surface area contributed by atoms with E-state index in [1.54, 1.807) is 18.3 Å². The van der Waals surface area contributed by atoms with Crippen LogP contribution in [0.15, 0.2) is 43.0 Å². The zero-order chi connectivity index (χ0) is 15.5. The van der Waals surface area contributed by atoms with E-state index in [1.807, 2.05) is 18.6 Å². The molecular weight excluding hydrogens is 265 g/mol. The van der Waals surface area contributed by atoms with Gasteiger partial charge in [-0.2, -0.15) is 0 Å². The Bertz CT molecular complexity index is 558. The minimum Gasteiger partial charge on any atom is -0.336 e. The molecule has 0 spiro atoms. The van der Waals surface area contributed by atoms with E-state index < -0.39 is 0 Å². The molecule has 1 N–H and O–H groups in total. The predicted molar refractivity (Wildman–Crippen MR) is 83.4 cm³/mol. The van der Waals surface area contributed by atoms with Crippen molar-refractivity contribution in [2.45, 2.75) is 46.3 Å². The van der Waals surface area contributed by atoms with Crippen LogP contribution in [-0.4, -0.2) is 15.6 Å². The van der Waals surface area contributed by atoms with Gasteiger partial charge in [0.25, 0.3) is 0 Å². The summed E-state index contributed by atoms with van der Waals surface area (Å²) in [5.41, 5.74) is 1.06. The molecule has 0 saturated heterocycles. The maximum atomic E-state index is 13.4. The maximum absolute atomic E-state index is 13.4. The van der Waals surface area contributed by atoms with E-state index >= 15 is 0 Å². The van der Waals surface area contributed by atoms with Gasteiger partial charge in [0.1, 0.15) is 5.82 Å². The van der Waals surface area contributed by atoms with E-state index in [1.165, 1.54) is 6.07 Å². The van der Waals surface area contributed by atoms with Gasteiger partial charge in [0, 0.05) is 31.0 Å². The van der Waals surface area contributed by atoms with E-state index in [-0.39, 0.29) is 23.3 Å². The average molecular weight is 289 g/mol. The third-order valence-corrected chi connectivity index (χ3v) is 3.80. The maximum Gasteiger partial charge on any atom is 0.123 e. The van der Waals surface area contributed by atoms with Crippen molar-refractivity contribution >= 4 is 0 Å². The Kier molecular flexibility index (Phi) is 4.78. The molecule has 2 aromatic rings. The normalized spacial score (nSPS) is 14.9. The predicted octanol–water partition coefficient (Wildman–Crippen LogP) is 3.79. The van der Waals surface area contributed by atoms with E-state index in [0.29, 0.717) is 0 Å². The molecule has 2 unspecified atom stereocenters. The first-order valence-corrected chi connectivity index (χ1v) is 7.33. The Morgan fingerprint density at radius 2 is 2.10 bits per heavy atom. The highest BCUT2D eigenvalue weighted by Gasteiger charge is 2.26. The second-order valence-corrected chi connectivity index (χ2v) is 6.62. The van der Waals surface area contributed by atoms with E-state index in [4.69, 9.17) is 0 Å². The molecule has 0 amide bonds. The summed E-state index contributed by atoms with van der Waals surface area (Å²) in [6, 6.07) is 7.12. The number of nitrogens with one attached hydrogen (secondary N) is 1. The van der Waals surface area contributed by atoms with Crippen LogP contribution in [0.1, 0.15) is 39.3 Å². The molecule has 3 nitrogen and oxygen atoms in total. The van der Waals surface area contributed by atoms with Crippen LogP contribution in [0.3, 0.4) is 0 Å². The average Bonchev–Trinajstić information content (AvgIpc) is 2.89. The summed E-state index contributed by atoms with van der Waals surface area (Å²) in [7, 11) is 0. The van der Waals surface area contributed by atoms with Crippen LogP contribution in [0.25, 0.3) is 0 Å². The molecule has 0 aliphatic rings. The molecule has 4 heteroatoms. The number of imidazole rings is 1. The summed E-state index contributed by atoms with van der Waals surface area (Å²) >= 11 is 0. The van der Waals surface area contributed by atoms with Gasteiger partial charge in [-0.25, -0.2) is 9.37 Å². The van der Waals surface area contributed by atoms with Crippen molar-refractivity contribution in [3.8, 4) is 0 Å². The van der Waals surface area contributed by atoms with Gasteiger partial charge in [0.05, 0.1) is 6.33 Å². The summed E-state index contributed by atoms with van der Waals surface area (Å²) in [4.78, 5) is 4.09. The summed E-state index contributed by atoms with van der Waals surface area (Å²) in [5.74, 6) is -0.192. The summed E-state index contributed by atoms with van der Waals surface area (Å²) in [5, 5.41) is 3.62. The number of aromatic nitrogens is 2. The van der Waals surface area contributed by atoms with Gasteiger partial charge in [-0.15, -0.1) is 0 Å². The third-order valence-electron chi connectivity index (χ3n) is 3.80. The number of rotatable bonds is 5. The fraction of sp³-hybridized carbons (Fsp3) is 0.471. The highest BCUT2D eigenvalue weighted by molar-refractivity contribution is 5.19. The van der Waals surface area contributed by atoms with Crippen LogP contribution < -0.4 is 5.32 Å². The first-order chi connectivity index (χ1) is 9.86. The third kappa shape index (κ3) is 4.39. The van der Waals surface area contributed by atoms with Gasteiger partial charge in [-0.3, -0.25) is 0 Å². The van der Waals surface area contributed by atoms with Crippen LogP contribution in [-0.2, 0) is 6.54 Å². The molecular formula is C17H24FN3. The van der Waals surface area contributed by atoms with E-state index in [9.17, 15) is 4.39 Å². The first-order valence-electron chi connectivity index (χ1n) is 7.33.